The Bertz CT molecular complexity index is 558. The van der Waals surface area contributed by atoms with Gasteiger partial charge in [0.1, 0.15) is 11.6 Å². The highest BCUT2D eigenvalue weighted by atomic mass is 16.6. The van der Waals surface area contributed by atoms with Crippen LogP contribution in [0.4, 0.5) is 4.79 Å². The first-order valence-electron chi connectivity index (χ1n) is 8.72. The van der Waals surface area contributed by atoms with Gasteiger partial charge in [-0.3, -0.25) is 0 Å². The van der Waals surface area contributed by atoms with Gasteiger partial charge in [0.2, 0.25) is 0 Å². The molecule has 1 atom stereocenters. The van der Waals surface area contributed by atoms with Crippen LogP contribution in [-0.2, 0) is 20.8 Å². The maximum Gasteiger partial charge on any atom is 0.408 e. The average molecular weight is 365 g/mol. The Morgan fingerprint density at radius 1 is 1.19 bits per heavy atom. The molecule has 2 N–H and O–H groups in total. The largest absolute Gasteiger partial charge is 0.467 e. The number of carbonyl (C=O) groups excluding carboxylic acids is 2. The van der Waals surface area contributed by atoms with Crippen molar-refractivity contribution >= 4 is 12.1 Å². The fourth-order valence-corrected chi connectivity index (χ4v) is 2.27. The summed E-state index contributed by atoms with van der Waals surface area (Å²) in [5.41, 5.74) is 0.590. The molecule has 0 aliphatic heterocycles. The lowest BCUT2D eigenvalue weighted by Crippen LogP contribution is -2.50. The van der Waals surface area contributed by atoms with Gasteiger partial charge in [-0.25, -0.2) is 9.59 Å². The number of amides is 1. The zero-order valence-corrected chi connectivity index (χ0v) is 16.4. The third-order valence-electron chi connectivity index (χ3n) is 3.51. The van der Waals surface area contributed by atoms with Crippen molar-refractivity contribution in [2.75, 3.05) is 33.8 Å². The molecule has 0 spiro atoms. The Hall–Kier alpha value is -2.12. The Kier molecular flexibility index (Phi) is 9.09. The molecular weight excluding hydrogens is 334 g/mol. The summed E-state index contributed by atoms with van der Waals surface area (Å²) in [7, 11) is 3.18. The molecule has 0 radical (unpaired) electrons. The quantitative estimate of drug-likeness (QED) is 0.513. The first kappa shape index (κ1) is 21.9. The molecule has 146 valence electrons. The van der Waals surface area contributed by atoms with E-state index in [1.54, 1.807) is 20.8 Å². The molecule has 7 heteroatoms. The monoisotopic (exact) mass is 365 g/mol. The van der Waals surface area contributed by atoms with E-state index in [0.29, 0.717) is 6.54 Å². The predicted octanol–water partition coefficient (Wildman–Crippen LogP) is 1.77. The van der Waals surface area contributed by atoms with Gasteiger partial charge in [0, 0.05) is 26.2 Å². The standard InChI is InChI=1S/C19H31N3O4/c1-19(2,3)26-18(24)21-16(17(23)25-5)14-22(4)12-11-20-13-15-9-7-6-8-10-15/h6-10,16,20H,11-14H2,1-5H3,(H,21,24). The van der Waals surface area contributed by atoms with Gasteiger partial charge in [0.05, 0.1) is 7.11 Å². The highest BCUT2D eigenvalue weighted by molar-refractivity contribution is 5.81. The van der Waals surface area contributed by atoms with Crippen molar-refractivity contribution < 1.29 is 19.1 Å². The molecule has 0 aromatic heterocycles. The summed E-state index contributed by atoms with van der Waals surface area (Å²) < 4.78 is 9.98. The van der Waals surface area contributed by atoms with Gasteiger partial charge in [-0.05, 0) is 33.4 Å². The van der Waals surface area contributed by atoms with Crippen molar-refractivity contribution in [1.82, 2.24) is 15.5 Å². The summed E-state index contributed by atoms with van der Waals surface area (Å²) in [6.45, 7) is 7.89. The minimum absolute atomic E-state index is 0.332. The number of carbonyl (C=O) groups is 2. The van der Waals surface area contributed by atoms with Gasteiger partial charge in [0.25, 0.3) is 0 Å². The van der Waals surface area contributed by atoms with Gasteiger partial charge < -0.3 is 25.0 Å². The topological polar surface area (TPSA) is 79.9 Å². The Labute approximate surface area is 156 Å². The predicted molar refractivity (Wildman–Crippen MR) is 101 cm³/mol. The number of hydrogen-bond acceptors (Lipinski definition) is 6. The van der Waals surface area contributed by atoms with E-state index in [9.17, 15) is 9.59 Å². The number of likely N-dealkylation sites (N-methyl/N-ethyl adjacent to an activating group) is 1. The van der Waals surface area contributed by atoms with Crippen LogP contribution in [-0.4, -0.2) is 62.4 Å². The van der Waals surface area contributed by atoms with Crippen LogP contribution in [0.15, 0.2) is 30.3 Å². The fraction of sp³-hybridized carbons (Fsp3) is 0.579. The van der Waals surface area contributed by atoms with E-state index < -0.39 is 23.7 Å². The second kappa shape index (κ2) is 10.8. The number of benzene rings is 1. The molecule has 0 bridgehead atoms. The maximum atomic E-state index is 11.9. The Balaban J connectivity index is 2.40. The lowest BCUT2D eigenvalue weighted by atomic mass is 10.2. The first-order valence-corrected chi connectivity index (χ1v) is 8.72. The zero-order valence-electron chi connectivity index (χ0n) is 16.4. The molecule has 1 rings (SSSR count). The van der Waals surface area contributed by atoms with E-state index in [1.807, 2.05) is 30.1 Å². The van der Waals surface area contributed by atoms with Crippen molar-refractivity contribution in [3.8, 4) is 0 Å². The van der Waals surface area contributed by atoms with Crippen molar-refractivity contribution in [1.29, 1.82) is 0 Å². The van der Waals surface area contributed by atoms with E-state index in [0.717, 1.165) is 19.6 Å². The average Bonchev–Trinajstić information content (AvgIpc) is 2.56. The summed E-state index contributed by atoms with van der Waals surface area (Å²) in [5, 5.41) is 5.92. The van der Waals surface area contributed by atoms with Crippen LogP contribution in [0.25, 0.3) is 0 Å². The van der Waals surface area contributed by atoms with Crippen LogP contribution in [0.5, 0.6) is 0 Å². The molecule has 26 heavy (non-hydrogen) atoms. The van der Waals surface area contributed by atoms with Crippen LogP contribution >= 0.6 is 0 Å². The summed E-state index contributed by atoms with van der Waals surface area (Å²) in [5.74, 6) is -0.500. The number of nitrogens with one attached hydrogen (secondary N) is 2. The molecule has 1 unspecified atom stereocenters. The second-order valence-electron chi connectivity index (χ2n) is 7.15. The van der Waals surface area contributed by atoms with Gasteiger partial charge in [-0.1, -0.05) is 30.3 Å². The van der Waals surface area contributed by atoms with Gasteiger partial charge in [0.15, 0.2) is 0 Å². The molecule has 1 aromatic rings. The number of alkyl carbamates (subject to hydrolysis) is 1. The van der Waals surface area contributed by atoms with Crippen LogP contribution < -0.4 is 10.6 Å². The van der Waals surface area contributed by atoms with Gasteiger partial charge in [-0.2, -0.15) is 0 Å². The number of hydrogen-bond donors (Lipinski definition) is 2. The molecule has 0 aliphatic carbocycles. The highest BCUT2D eigenvalue weighted by Gasteiger charge is 2.26. The fourth-order valence-electron chi connectivity index (χ4n) is 2.27. The Morgan fingerprint density at radius 2 is 1.85 bits per heavy atom. The third-order valence-corrected chi connectivity index (χ3v) is 3.51. The number of methoxy groups -OCH3 is 1. The van der Waals surface area contributed by atoms with Crippen molar-refractivity contribution in [2.45, 2.75) is 39.0 Å². The Morgan fingerprint density at radius 3 is 2.42 bits per heavy atom. The van der Waals surface area contributed by atoms with Crippen LogP contribution in [0.2, 0.25) is 0 Å². The van der Waals surface area contributed by atoms with E-state index in [-0.39, 0.29) is 0 Å². The minimum Gasteiger partial charge on any atom is -0.467 e. The zero-order chi connectivity index (χ0) is 19.6. The summed E-state index contributed by atoms with van der Waals surface area (Å²) in [6, 6.07) is 9.35. The normalized spacial score (nSPS) is 12.5. The molecule has 0 heterocycles. The van der Waals surface area contributed by atoms with Crippen LogP contribution in [0.3, 0.4) is 0 Å². The summed E-state index contributed by atoms with van der Waals surface area (Å²) in [4.78, 5) is 25.8. The molecular formula is C19H31N3O4. The van der Waals surface area contributed by atoms with Crippen molar-refractivity contribution in [3.63, 3.8) is 0 Å². The molecule has 1 amide bonds. The smallest absolute Gasteiger partial charge is 0.408 e. The van der Waals surface area contributed by atoms with Crippen LogP contribution in [0, 0.1) is 0 Å². The van der Waals surface area contributed by atoms with E-state index >= 15 is 0 Å². The molecule has 0 fully saturated rings. The number of rotatable bonds is 9. The lowest BCUT2D eigenvalue weighted by molar-refractivity contribution is -0.143. The number of ether oxygens (including phenoxy) is 2. The van der Waals surface area contributed by atoms with E-state index in [4.69, 9.17) is 9.47 Å². The second-order valence-corrected chi connectivity index (χ2v) is 7.15. The molecule has 0 saturated heterocycles. The number of esters is 1. The SMILES string of the molecule is COC(=O)C(CN(C)CCNCc1ccccc1)NC(=O)OC(C)(C)C. The van der Waals surface area contributed by atoms with Crippen LogP contribution in [0.1, 0.15) is 26.3 Å². The molecule has 0 aliphatic rings. The third kappa shape index (κ3) is 9.39. The van der Waals surface area contributed by atoms with Crippen molar-refractivity contribution in [2.24, 2.45) is 0 Å². The van der Waals surface area contributed by atoms with E-state index in [2.05, 4.69) is 22.8 Å². The number of nitrogens with zero attached hydrogens (tertiary/aromatic N) is 1. The van der Waals surface area contributed by atoms with Crippen molar-refractivity contribution in [3.05, 3.63) is 35.9 Å². The minimum atomic E-state index is -0.783. The first-order chi connectivity index (χ1) is 12.2. The highest BCUT2D eigenvalue weighted by Crippen LogP contribution is 2.07. The summed E-state index contributed by atoms with van der Waals surface area (Å²) >= 11 is 0. The van der Waals surface area contributed by atoms with Gasteiger partial charge in [-0.15, -0.1) is 0 Å². The van der Waals surface area contributed by atoms with Gasteiger partial charge >= 0.3 is 12.1 Å². The molecule has 7 nitrogen and oxygen atoms in total. The maximum absolute atomic E-state index is 11.9. The lowest BCUT2D eigenvalue weighted by Gasteiger charge is -2.25. The molecule has 1 aromatic carbocycles. The summed E-state index contributed by atoms with van der Waals surface area (Å²) in [6.07, 6.45) is -0.636. The van der Waals surface area contributed by atoms with E-state index in [1.165, 1.54) is 12.7 Å². The molecule has 0 saturated carbocycles.